The zero-order valence-corrected chi connectivity index (χ0v) is 12.7. The standard InChI is InChI=1S/C16H20O2S/c1-16(2,3)15-6-5-14(19-15)12-7-11(10-17)8-13(9-12)18-4/h5-9,17H,10H2,1-4H3. The molecule has 0 atom stereocenters. The first-order valence-electron chi connectivity index (χ1n) is 6.33. The molecule has 1 N–H and O–H groups in total. The summed E-state index contributed by atoms with van der Waals surface area (Å²) in [6, 6.07) is 10.2. The number of methoxy groups -OCH3 is 1. The van der Waals surface area contributed by atoms with Crippen molar-refractivity contribution in [1.82, 2.24) is 0 Å². The van der Waals surface area contributed by atoms with E-state index in [0.29, 0.717) is 0 Å². The van der Waals surface area contributed by atoms with E-state index in [4.69, 9.17) is 4.74 Å². The van der Waals surface area contributed by atoms with E-state index in [2.05, 4.69) is 32.9 Å². The molecule has 0 spiro atoms. The molecule has 0 bridgehead atoms. The Bertz CT molecular complexity index is 542. The fraction of sp³-hybridized carbons (Fsp3) is 0.375. The van der Waals surface area contributed by atoms with E-state index < -0.39 is 0 Å². The molecule has 1 heterocycles. The maximum Gasteiger partial charge on any atom is 0.119 e. The van der Waals surface area contributed by atoms with E-state index in [1.54, 1.807) is 18.4 Å². The van der Waals surface area contributed by atoms with Gasteiger partial charge in [0.05, 0.1) is 13.7 Å². The molecule has 0 aliphatic carbocycles. The molecule has 3 heteroatoms. The van der Waals surface area contributed by atoms with Crippen molar-refractivity contribution in [3.8, 4) is 16.2 Å². The maximum atomic E-state index is 9.31. The molecule has 0 radical (unpaired) electrons. The minimum Gasteiger partial charge on any atom is -0.497 e. The van der Waals surface area contributed by atoms with E-state index >= 15 is 0 Å². The molecule has 0 saturated carbocycles. The van der Waals surface area contributed by atoms with Gasteiger partial charge in [-0.05, 0) is 46.9 Å². The van der Waals surface area contributed by atoms with Crippen LogP contribution in [0.4, 0.5) is 0 Å². The van der Waals surface area contributed by atoms with Crippen LogP contribution < -0.4 is 4.74 Å². The largest absolute Gasteiger partial charge is 0.497 e. The number of hydrogen-bond acceptors (Lipinski definition) is 3. The van der Waals surface area contributed by atoms with E-state index in [1.165, 1.54) is 9.75 Å². The second-order valence-electron chi connectivity index (χ2n) is 5.64. The summed E-state index contributed by atoms with van der Waals surface area (Å²) < 4.78 is 5.29. The van der Waals surface area contributed by atoms with Gasteiger partial charge < -0.3 is 9.84 Å². The highest BCUT2D eigenvalue weighted by Crippen LogP contribution is 2.36. The minimum atomic E-state index is 0.0295. The summed E-state index contributed by atoms with van der Waals surface area (Å²) in [5.41, 5.74) is 2.14. The molecule has 0 amide bonds. The second-order valence-corrected chi connectivity index (χ2v) is 6.73. The topological polar surface area (TPSA) is 29.5 Å². The molecule has 2 aromatic rings. The summed E-state index contributed by atoms with van der Waals surface area (Å²) in [5.74, 6) is 0.784. The van der Waals surface area contributed by atoms with Crippen LogP contribution in [-0.4, -0.2) is 12.2 Å². The predicted octanol–water partition coefficient (Wildman–Crippen LogP) is 4.21. The molecule has 1 aromatic carbocycles. The lowest BCUT2D eigenvalue weighted by molar-refractivity contribution is 0.281. The highest BCUT2D eigenvalue weighted by molar-refractivity contribution is 7.15. The molecule has 102 valence electrons. The Balaban J connectivity index is 2.43. The van der Waals surface area contributed by atoms with Gasteiger partial charge in [-0.15, -0.1) is 11.3 Å². The molecule has 2 rings (SSSR count). The number of hydrogen-bond donors (Lipinski definition) is 1. The second kappa shape index (κ2) is 5.35. The third-order valence-electron chi connectivity index (χ3n) is 3.01. The molecule has 0 fully saturated rings. The number of aliphatic hydroxyl groups is 1. The number of aliphatic hydroxyl groups excluding tert-OH is 1. The summed E-state index contributed by atoms with van der Waals surface area (Å²) >= 11 is 1.79. The SMILES string of the molecule is COc1cc(CO)cc(-c2ccc(C(C)(C)C)s2)c1. The Labute approximate surface area is 118 Å². The zero-order chi connectivity index (χ0) is 14.0. The number of benzene rings is 1. The lowest BCUT2D eigenvalue weighted by atomic mass is 9.95. The van der Waals surface area contributed by atoms with Crippen molar-refractivity contribution in [3.63, 3.8) is 0 Å². The number of thiophene rings is 1. The first-order valence-corrected chi connectivity index (χ1v) is 7.15. The highest BCUT2D eigenvalue weighted by Gasteiger charge is 2.16. The van der Waals surface area contributed by atoms with Gasteiger partial charge in [-0.1, -0.05) is 20.8 Å². The monoisotopic (exact) mass is 276 g/mol. The lowest BCUT2D eigenvalue weighted by Crippen LogP contribution is -2.07. The van der Waals surface area contributed by atoms with Crippen molar-refractivity contribution in [2.45, 2.75) is 32.8 Å². The quantitative estimate of drug-likeness (QED) is 0.909. The molecule has 0 aliphatic rings. The van der Waals surface area contributed by atoms with Crippen LogP contribution in [0, 0.1) is 0 Å². The molecular formula is C16H20O2S. The van der Waals surface area contributed by atoms with Crippen LogP contribution in [0.15, 0.2) is 30.3 Å². The van der Waals surface area contributed by atoms with Gasteiger partial charge in [0, 0.05) is 9.75 Å². The van der Waals surface area contributed by atoms with Crippen LogP contribution in [0.2, 0.25) is 0 Å². The lowest BCUT2D eigenvalue weighted by Gasteiger charge is -2.15. The Kier molecular flexibility index (Phi) is 3.97. The van der Waals surface area contributed by atoms with E-state index in [9.17, 15) is 5.11 Å². The van der Waals surface area contributed by atoms with E-state index in [0.717, 1.165) is 16.9 Å². The summed E-state index contributed by atoms with van der Waals surface area (Å²) in [5, 5.41) is 9.31. The van der Waals surface area contributed by atoms with Gasteiger partial charge in [0.2, 0.25) is 0 Å². The fourth-order valence-electron chi connectivity index (χ4n) is 1.91. The van der Waals surface area contributed by atoms with Gasteiger partial charge in [0.1, 0.15) is 5.75 Å². The molecule has 0 saturated heterocycles. The van der Waals surface area contributed by atoms with Crippen LogP contribution in [0.1, 0.15) is 31.2 Å². The Hall–Kier alpha value is -1.32. The average Bonchev–Trinajstić information content (AvgIpc) is 2.87. The van der Waals surface area contributed by atoms with Crippen LogP contribution in [0.3, 0.4) is 0 Å². The summed E-state index contributed by atoms with van der Waals surface area (Å²) in [7, 11) is 1.65. The normalized spacial score (nSPS) is 11.6. The van der Waals surface area contributed by atoms with Crippen molar-refractivity contribution >= 4 is 11.3 Å². The Morgan fingerprint density at radius 2 is 1.89 bits per heavy atom. The van der Waals surface area contributed by atoms with Crippen LogP contribution in [0.25, 0.3) is 10.4 Å². The van der Waals surface area contributed by atoms with Crippen molar-refractivity contribution < 1.29 is 9.84 Å². The third-order valence-corrected chi connectivity index (χ3v) is 4.57. The van der Waals surface area contributed by atoms with Gasteiger partial charge in [0.15, 0.2) is 0 Å². The fourth-order valence-corrected chi connectivity index (χ4v) is 2.96. The van der Waals surface area contributed by atoms with Crippen molar-refractivity contribution in [1.29, 1.82) is 0 Å². The minimum absolute atomic E-state index is 0.0295. The summed E-state index contributed by atoms with van der Waals surface area (Å²) in [6.07, 6.45) is 0. The molecular weight excluding hydrogens is 256 g/mol. The molecule has 2 nitrogen and oxygen atoms in total. The van der Waals surface area contributed by atoms with Gasteiger partial charge in [-0.3, -0.25) is 0 Å². The van der Waals surface area contributed by atoms with E-state index in [-0.39, 0.29) is 12.0 Å². The smallest absolute Gasteiger partial charge is 0.119 e. The van der Waals surface area contributed by atoms with E-state index in [1.807, 2.05) is 18.2 Å². The van der Waals surface area contributed by atoms with Gasteiger partial charge in [-0.25, -0.2) is 0 Å². The van der Waals surface area contributed by atoms with Crippen molar-refractivity contribution in [2.75, 3.05) is 7.11 Å². The number of ether oxygens (including phenoxy) is 1. The first-order chi connectivity index (χ1) is 8.94. The Morgan fingerprint density at radius 3 is 2.42 bits per heavy atom. The van der Waals surface area contributed by atoms with Gasteiger partial charge in [0.25, 0.3) is 0 Å². The third kappa shape index (κ3) is 3.17. The maximum absolute atomic E-state index is 9.31. The molecule has 19 heavy (non-hydrogen) atoms. The van der Waals surface area contributed by atoms with Crippen molar-refractivity contribution in [2.24, 2.45) is 0 Å². The summed E-state index contributed by atoms with van der Waals surface area (Å²) in [6.45, 7) is 6.68. The first kappa shape index (κ1) is 14.1. The zero-order valence-electron chi connectivity index (χ0n) is 11.9. The molecule has 0 unspecified atom stereocenters. The molecule has 1 aromatic heterocycles. The molecule has 0 aliphatic heterocycles. The van der Waals surface area contributed by atoms with Gasteiger partial charge in [-0.2, -0.15) is 0 Å². The number of rotatable bonds is 3. The van der Waals surface area contributed by atoms with Crippen molar-refractivity contribution in [3.05, 3.63) is 40.8 Å². The van der Waals surface area contributed by atoms with Crippen LogP contribution >= 0.6 is 11.3 Å². The summed E-state index contributed by atoms with van der Waals surface area (Å²) in [4.78, 5) is 2.56. The van der Waals surface area contributed by atoms with Crippen LogP contribution in [-0.2, 0) is 12.0 Å². The van der Waals surface area contributed by atoms with Gasteiger partial charge >= 0.3 is 0 Å². The average molecular weight is 276 g/mol. The Morgan fingerprint density at radius 1 is 1.16 bits per heavy atom. The highest BCUT2D eigenvalue weighted by atomic mass is 32.1. The predicted molar refractivity (Wildman–Crippen MR) is 80.9 cm³/mol. The van der Waals surface area contributed by atoms with Crippen LogP contribution in [0.5, 0.6) is 5.75 Å².